The number of carbonyl (C=O) groups excluding carboxylic acids is 1. The van der Waals surface area contributed by atoms with Crippen LogP contribution < -0.4 is 18.7 Å². The van der Waals surface area contributed by atoms with E-state index in [1.54, 1.807) is 10.4 Å². The van der Waals surface area contributed by atoms with Crippen LogP contribution in [0.1, 0.15) is 11.1 Å². The number of rotatable bonds is 16. The molecule has 0 aliphatic heterocycles. The fourth-order valence-corrected chi connectivity index (χ4v) is 6.98. The summed E-state index contributed by atoms with van der Waals surface area (Å²) < 4.78 is 45.9. The summed E-state index contributed by atoms with van der Waals surface area (Å²) in [6, 6.07) is 34.7. The first-order valence-corrected chi connectivity index (χ1v) is 15.9. The van der Waals surface area contributed by atoms with E-state index in [0.29, 0.717) is 17.7 Å². The number of aliphatic hydroxyl groups excluding tert-OH is 1. The van der Waals surface area contributed by atoms with Gasteiger partial charge in [0.15, 0.2) is 0 Å². The molecule has 2 N–H and O–H groups in total. The highest BCUT2D eigenvalue weighted by atomic mass is 32.2. The maximum atomic E-state index is 12.7. The highest BCUT2D eigenvalue weighted by molar-refractivity contribution is 8.05. The normalized spacial score (nSPS) is 13.5. The van der Waals surface area contributed by atoms with Crippen LogP contribution in [0.3, 0.4) is 0 Å². The third-order valence-electron chi connectivity index (χ3n) is 6.76. The van der Waals surface area contributed by atoms with Gasteiger partial charge >= 0.3 is 6.36 Å². The number of alkyl halides is 3. The minimum atomic E-state index is -4.78. The van der Waals surface area contributed by atoms with Crippen molar-refractivity contribution < 1.29 is 27.8 Å². The largest absolute Gasteiger partial charge is 0.573 e. The first-order chi connectivity index (χ1) is 21.3. The van der Waals surface area contributed by atoms with E-state index >= 15 is 0 Å². The smallest absolute Gasteiger partial charge is 0.406 e. The zero-order valence-corrected chi connectivity index (χ0v) is 25.6. The van der Waals surface area contributed by atoms with Gasteiger partial charge in [-0.05, 0) is 65.9 Å². The van der Waals surface area contributed by atoms with Crippen molar-refractivity contribution in [1.82, 2.24) is 5.32 Å². The Kier molecular flexibility index (Phi) is 12.4. The zero-order valence-electron chi connectivity index (χ0n) is 24.0. The van der Waals surface area contributed by atoms with Crippen molar-refractivity contribution in [2.45, 2.75) is 30.8 Å². The van der Waals surface area contributed by atoms with Crippen LogP contribution in [0.4, 0.5) is 24.5 Å². The average molecular weight is 642 g/mol. The number of para-hydroxylation sites is 2. The first-order valence-electron chi connectivity index (χ1n) is 13.9. The molecule has 1 amide bonds. The third kappa shape index (κ3) is 9.95. The van der Waals surface area contributed by atoms with Crippen molar-refractivity contribution in [3.8, 4) is 5.75 Å². The number of ether oxygens (including phenoxy) is 1. The van der Waals surface area contributed by atoms with Crippen molar-refractivity contribution in [1.29, 1.82) is 0 Å². The van der Waals surface area contributed by atoms with Crippen LogP contribution in [0.25, 0.3) is 0 Å². The van der Waals surface area contributed by atoms with Gasteiger partial charge < -0.3 is 19.5 Å². The topological polar surface area (TPSA) is 65.0 Å². The molecule has 11 heteroatoms. The van der Waals surface area contributed by atoms with Crippen LogP contribution in [0.2, 0.25) is 0 Å². The second-order valence-corrected chi connectivity index (χ2v) is 11.7. The van der Waals surface area contributed by atoms with E-state index in [4.69, 9.17) is 0 Å². The first kappa shape index (κ1) is 33.3. The molecular formula is C33H34F3N3O3S2. The quantitative estimate of drug-likeness (QED) is 0.0756. The molecule has 0 saturated heterocycles. The Hall–Kier alpha value is -3.64. The maximum absolute atomic E-state index is 12.7. The fourth-order valence-electron chi connectivity index (χ4n) is 4.75. The number of halogens is 3. The summed E-state index contributed by atoms with van der Waals surface area (Å²) in [7, 11) is 0. The predicted molar refractivity (Wildman–Crippen MR) is 173 cm³/mol. The van der Waals surface area contributed by atoms with Gasteiger partial charge in [0.25, 0.3) is 0 Å². The SMILES string of the molecule is CSN(c1ccccc1)C(SN(C=O)c1ccccc1)[C@@H](Cc1ccccc1)[C@@H](O)CNCc1cccc(OC(F)(F)F)c1. The van der Waals surface area contributed by atoms with E-state index in [1.807, 2.05) is 97.3 Å². The Morgan fingerprint density at radius 2 is 1.45 bits per heavy atom. The summed E-state index contributed by atoms with van der Waals surface area (Å²) in [4.78, 5) is 12.4. The van der Waals surface area contributed by atoms with Crippen LogP contribution in [-0.2, 0) is 17.8 Å². The molecule has 1 unspecified atom stereocenters. The molecule has 0 bridgehead atoms. The highest BCUT2D eigenvalue weighted by Gasteiger charge is 2.36. The summed E-state index contributed by atoms with van der Waals surface area (Å²) in [5.41, 5.74) is 3.22. The molecule has 0 spiro atoms. The number of aliphatic hydroxyl groups is 1. The van der Waals surface area contributed by atoms with Gasteiger partial charge in [-0.1, -0.05) is 90.8 Å². The average Bonchev–Trinajstić information content (AvgIpc) is 3.03. The van der Waals surface area contributed by atoms with Crippen molar-refractivity contribution in [2.75, 3.05) is 21.4 Å². The molecule has 0 heterocycles. The highest BCUT2D eigenvalue weighted by Crippen LogP contribution is 2.39. The second kappa shape index (κ2) is 16.4. The number of nitrogens with zero attached hydrogens (tertiary/aromatic N) is 2. The lowest BCUT2D eigenvalue weighted by atomic mass is 9.93. The lowest BCUT2D eigenvalue weighted by Crippen LogP contribution is -2.46. The molecule has 4 rings (SSSR count). The number of nitrogens with one attached hydrogen (secondary N) is 1. The van der Waals surface area contributed by atoms with Crippen molar-refractivity contribution >= 4 is 41.7 Å². The Morgan fingerprint density at radius 3 is 2.05 bits per heavy atom. The van der Waals surface area contributed by atoms with Crippen molar-refractivity contribution in [3.05, 3.63) is 126 Å². The fraction of sp³-hybridized carbons (Fsp3) is 0.242. The van der Waals surface area contributed by atoms with E-state index in [-0.39, 0.29) is 18.8 Å². The van der Waals surface area contributed by atoms with Gasteiger partial charge in [0, 0.05) is 31.0 Å². The van der Waals surface area contributed by atoms with Crippen LogP contribution >= 0.6 is 23.9 Å². The number of hydrogen-bond donors (Lipinski definition) is 2. The summed E-state index contributed by atoms with van der Waals surface area (Å²) in [5.74, 6) is -0.697. The van der Waals surface area contributed by atoms with E-state index in [0.717, 1.165) is 17.7 Å². The Morgan fingerprint density at radius 1 is 0.864 bits per heavy atom. The molecular weight excluding hydrogens is 608 g/mol. The minimum absolute atomic E-state index is 0.155. The van der Waals surface area contributed by atoms with E-state index < -0.39 is 23.8 Å². The van der Waals surface area contributed by atoms with Crippen molar-refractivity contribution in [3.63, 3.8) is 0 Å². The van der Waals surface area contributed by atoms with E-state index in [9.17, 15) is 23.1 Å². The molecule has 44 heavy (non-hydrogen) atoms. The molecule has 232 valence electrons. The van der Waals surface area contributed by atoms with E-state index in [2.05, 4.69) is 14.4 Å². The number of benzene rings is 4. The molecule has 6 nitrogen and oxygen atoms in total. The minimum Gasteiger partial charge on any atom is -0.406 e. The monoisotopic (exact) mass is 641 g/mol. The van der Waals surface area contributed by atoms with Gasteiger partial charge in [-0.15, -0.1) is 13.2 Å². The third-order valence-corrected chi connectivity index (χ3v) is 9.02. The lowest BCUT2D eigenvalue weighted by Gasteiger charge is -2.40. The summed E-state index contributed by atoms with van der Waals surface area (Å²) >= 11 is 2.82. The maximum Gasteiger partial charge on any atom is 0.573 e. The Bertz CT molecular complexity index is 1420. The van der Waals surface area contributed by atoms with Crippen LogP contribution in [0.5, 0.6) is 5.75 Å². The number of hydrogen-bond acceptors (Lipinski definition) is 7. The summed E-state index contributed by atoms with van der Waals surface area (Å²) in [5, 5.41) is 14.6. The van der Waals surface area contributed by atoms with Crippen LogP contribution in [-0.4, -0.2) is 42.2 Å². The van der Waals surface area contributed by atoms with Gasteiger partial charge in [0.05, 0.1) is 11.8 Å². The van der Waals surface area contributed by atoms with Crippen LogP contribution in [0, 0.1) is 5.92 Å². The molecule has 3 atom stereocenters. The zero-order chi connectivity index (χ0) is 31.4. The van der Waals surface area contributed by atoms with Gasteiger partial charge in [-0.25, -0.2) is 0 Å². The van der Waals surface area contributed by atoms with Gasteiger partial charge in [0.2, 0.25) is 6.41 Å². The molecule has 0 fully saturated rings. The Balaban J connectivity index is 1.62. The lowest BCUT2D eigenvalue weighted by molar-refractivity contribution is -0.274. The molecule has 0 radical (unpaired) electrons. The number of amides is 1. The number of carbonyl (C=O) groups is 1. The summed E-state index contributed by atoms with van der Waals surface area (Å²) in [6.07, 6.45) is -2.45. The molecule has 0 aliphatic rings. The Labute approximate surface area is 264 Å². The number of anilines is 2. The summed E-state index contributed by atoms with van der Waals surface area (Å²) in [6.45, 7) is 0.375. The predicted octanol–water partition coefficient (Wildman–Crippen LogP) is 7.32. The molecule has 0 saturated carbocycles. The van der Waals surface area contributed by atoms with E-state index in [1.165, 1.54) is 42.1 Å². The second-order valence-electron chi connectivity index (χ2n) is 9.85. The van der Waals surface area contributed by atoms with Gasteiger partial charge in [0.1, 0.15) is 11.1 Å². The van der Waals surface area contributed by atoms with Gasteiger partial charge in [-0.3, -0.25) is 9.10 Å². The molecule has 4 aromatic carbocycles. The van der Waals surface area contributed by atoms with Crippen LogP contribution in [0.15, 0.2) is 115 Å². The van der Waals surface area contributed by atoms with Gasteiger partial charge in [-0.2, -0.15) is 0 Å². The molecule has 4 aromatic rings. The van der Waals surface area contributed by atoms with Crippen molar-refractivity contribution in [2.24, 2.45) is 5.92 Å². The molecule has 0 aromatic heterocycles. The molecule has 0 aliphatic carbocycles. The standard InChI is InChI=1S/C33H34F3N3O3S2/c1-43-39(28-17-9-4-10-18-28)32(44-38(24-40)27-15-7-3-8-16-27)30(21-25-12-5-2-6-13-25)31(41)23-37-22-26-14-11-19-29(20-26)42-33(34,35)36/h2-20,24,30-32,37,41H,21-23H2,1H3/t30-,31-,32?/m0/s1.